The lowest BCUT2D eigenvalue weighted by Gasteiger charge is -2.14. The molecule has 0 fully saturated rings. The lowest BCUT2D eigenvalue weighted by molar-refractivity contribution is 0.0735. The largest absolute Gasteiger partial charge is 0.494 e. The van der Waals surface area contributed by atoms with Gasteiger partial charge in [-0.3, -0.25) is 0 Å². The van der Waals surface area contributed by atoms with Crippen molar-refractivity contribution in [2.45, 2.75) is 97.8 Å². The number of ether oxygens (including phenoxy) is 2. The second kappa shape index (κ2) is 17.5. The van der Waals surface area contributed by atoms with E-state index in [1.165, 1.54) is 63.4 Å². The van der Waals surface area contributed by atoms with Crippen LogP contribution in [0.2, 0.25) is 0 Å². The molecule has 0 unspecified atom stereocenters. The Morgan fingerprint density at radius 3 is 2.13 bits per heavy atom. The second-order valence-electron chi connectivity index (χ2n) is 10.9. The van der Waals surface area contributed by atoms with Crippen LogP contribution in [-0.4, -0.2) is 12.6 Å². The second-order valence-corrected chi connectivity index (χ2v) is 10.9. The molecule has 0 heterocycles. The predicted octanol–water partition coefficient (Wildman–Crippen LogP) is 10.5. The number of esters is 1. The van der Waals surface area contributed by atoms with Crippen LogP contribution >= 0.6 is 0 Å². The van der Waals surface area contributed by atoms with Crippen LogP contribution in [0.4, 0.5) is 0 Å². The van der Waals surface area contributed by atoms with Gasteiger partial charge in [-0.1, -0.05) is 115 Å². The van der Waals surface area contributed by atoms with Crippen molar-refractivity contribution in [2.24, 2.45) is 5.92 Å². The van der Waals surface area contributed by atoms with Crippen molar-refractivity contribution in [1.82, 2.24) is 0 Å². The summed E-state index contributed by atoms with van der Waals surface area (Å²) in [4.78, 5) is 13.4. The van der Waals surface area contributed by atoms with Crippen LogP contribution in [0.25, 0.3) is 11.1 Å². The minimum atomic E-state index is -0.365. The van der Waals surface area contributed by atoms with Crippen LogP contribution in [0, 0.1) is 5.92 Å². The van der Waals surface area contributed by atoms with Crippen LogP contribution in [-0.2, 0) is 6.42 Å². The summed E-state index contributed by atoms with van der Waals surface area (Å²) in [6.07, 6.45) is 14.8. The fourth-order valence-electron chi connectivity index (χ4n) is 4.97. The van der Waals surface area contributed by atoms with E-state index >= 15 is 0 Å². The van der Waals surface area contributed by atoms with Gasteiger partial charge in [-0.15, -0.1) is 0 Å². The van der Waals surface area contributed by atoms with Crippen LogP contribution in [0.3, 0.4) is 0 Å². The van der Waals surface area contributed by atoms with Crippen LogP contribution in [0.5, 0.6) is 11.5 Å². The molecule has 0 saturated carbocycles. The number of carbonyl (C=O) groups is 1. The number of hydrogen-bond donors (Lipinski definition) is 0. The summed E-state index contributed by atoms with van der Waals surface area (Å²) in [6, 6.07) is 23.7. The molecule has 0 spiro atoms. The summed E-state index contributed by atoms with van der Waals surface area (Å²) in [7, 11) is 0. The summed E-state index contributed by atoms with van der Waals surface area (Å²) in [6.45, 7) is 7.46. The van der Waals surface area contributed by atoms with Crippen LogP contribution in [0.15, 0.2) is 72.8 Å². The average molecular weight is 529 g/mol. The molecule has 0 bridgehead atoms. The first kappa shape index (κ1) is 30.5. The highest BCUT2D eigenvalue weighted by atomic mass is 16.5. The molecule has 3 heteroatoms. The quantitative estimate of drug-likeness (QED) is 0.0935. The summed E-state index contributed by atoms with van der Waals surface area (Å²) in [5.74, 6) is 1.63. The lowest BCUT2D eigenvalue weighted by Crippen LogP contribution is -2.11. The first-order valence-corrected chi connectivity index (χ1v) is 15.2. The van der Waals surface area contributed by atoms with E-state index in [0.717, 1.165) is 36.3 Å². The summed E-state index contributed by atoms with van der Waals surface area (Å²) in [5, 5.41) is 0. The van der Waals surface area contributed by atoms with Crippen molar-refractivity contribution < 1.29 is 14.3 Å². The third-order valence-electron chi connectivity index (χ3n) is 7.41. The molecule has 3 aromatic rings. The van der Waals surface area contributed by atoms with Crippen molar-refractivity contribution >= 4 is 5.97 Å². The predicted molar refractivity (Wildman–Crippen MR) is 164 cm³/mol. The van der Waals surface area contributed by atoms with Gasteiger partial charge < -0.3 is 9.47 Å². The van der Waals surface area contributed by atoms with E-state index < -0.39 is 0 Å². The van der Waals surface area contributed by atoms with Gasteiger partial charge in [0.1, 0.15) is 11.5 Å². The minimum Gasteiger partial charge on any atom is -0.494 e. The third-order valence-corrected chi connectivity index (χ3v) is 7.41. The molecular formula is C36H48O3. The molecule has 1 atom stereocenters. The molecule has 0 saturated heterocycles. The molecule has 0 aliphatic carbocycles. The first-order chi connectivity index (χ1) is 19.1. The molecule has 3 nitrogen and oxygen atoms in total. The van der Waals surface area contributed by atoms with E-state index in [0.29, 0.717) is 23.7 Å². The lowest BCUT2D eigenvalue weighted by atomic mass is 9.99. The van der Waals surface area contributed by atoms with Crippen molar-refractivity contribution in [2.75, 3.05) is 6.61 Å². The zero-order chi connectivity index (χ0) is 27.7. The molecule has 210 valence electrons. The first-order valence-electron chi connectivity index (χ1n) is 15.2. The Balaban J connectivity index is 1.62. The van der Waals surface area contributed by atoms with E-state index in [9.17, 15) is 4.79 Å². The van der Waals surface area contributed by atoms with E-state index in [1.807, 2.05) is 60.7 Å². The van der Waals surface area contributed by atoms with Gasteiger partial charge in [-0.2, -0.15) is 0 Å². The summed E-state index contributed by atoms with van der Waals surface area (Å²) < 4.78 is 11.9. The molecule has 0 aromatic heterocycles. The zero-order valence-corrected chi connectivity index (χ0v) is 24.4. The molecule has 0 radical (unpaired) electrons. The van der Waals surface area contributed by atoms with E-state index in [1.54, 1.807) is 0 Å². The summed E-state index contributed by atoms with van der Waals surface area (Å²) in [5.41, 5.74) is 3.64. The van der Waals surface area contributed by atoms with Crippen molar-refractivity contribution in [3.05, 3.63) is 83.9 Å². The Hall–Kier alpha value is -3.07. The maximum atomic E-state index is 13.4. The average Bonchev–Trinajstić information content (AvgIpc) is 2.97. The summed E-state index contributed by atoms with van der Waals surface area (Å²) >= 11 is 0. The molecule has 3 rings (SSSR count). The van der Waals surface area contributed by atoms with Crippen molar-refractivity contribution in [3.63, 3.8) is 0 Å². The fraction of sp³-hybridized carbons (Fsp3) is 0.472. The van der Waals surface area contributed by atoms with Gasteiger partial charge >= 0.3 is 5.97 Å². The number of aryl methyl sites for hydroxylation is 1. The molecule has 39 heavy (non-hydrogen) atoms. The normalized spacial score (nSPS) is 11.8. The fourth-order valence-corrected chi connectivity index (χ4v) is 4.97. The minimum absolute atomic E-state index is 0.365. The number of hydrogen-bond acceptors (Lipinski definition) is 3. The number of unbranched alkanes of at least 4 members (excludes halogenated alkanes) is 6. The van der Waals surface area contributed by atoms with Crippen molar-refractivity contribution in [1.29, 1.82) is 0 Å². The van der Waals surface area contributed by atoms with Gasteiger partial charge in [0.05, 0.1) is 12.2 Å². The van der Waals surface area contributed by atoms with E-state index in [-0.39, 0.29) is 5.97 Å². The van der Waals surface area contributed by atoms with Crippen LogP contribution in [0.1, 0.15) is 107 Å². The van der Waals surface area contributed by atoms with Gasteiger partial charge in [0.25, 0.3) is 0 Å². The molecule has 3 aromatic carbocycles. The highest BCUT2D eigenvalue weighted by Gasteiger charge is 2.17. The number of benzene rings is 3. The van der Waals surface area contributed by atoms with Gasteiger partial charge in [-0.05, 0) is 78.6 Å². The van der Waals surface area contributed by atoms with Gasteiger partial charge in [0.2, 0.25) is 0 Å². The third kappa shape index (κ3) is 10.9. The Morgan fingerprint density at radius 2 is 1.38 bits per heavy atom. The molecular weight excluding hydrogens is 480 g/mol. The monoisotopic (exact) mass is 528 g/mol. The Labute approximate surface area is 237 Å². The molecule has 0 aliphatic heterocycles. The highest BCUT2D eigenvalue weighted by Crippen LogP contribution is 2.29. The maximum absolute atomic E-state index is 13.4. The SMILES string of the molecule is CCCCCCCCc1ccc(OC(=O)c2cc(OCCC[C@@H](C)CCCC)ccc2-c2ccccc2)cc1. The highest BCUT2D eigenvalue weighted by molar-refractivity contribution is 5.99. The molecule has 0 aliphatic rings. The Kier molecular flexibility index (Phi) is 13.7. The van der Waals surface area contributed by atoms with Crippen molar-refractivity contribution in [3.8, 4) is 22.6 Å². The number of carbonyl (C=O) groups excluding carboxylic acids is 1. The van der Waals surface area contributed by atoms with Gasteiger partial charge in [-0.25, -0.2) is 4.79 Å². The smallest absolute Gasteiger partial charge is 0.344 e. The topological polar surface area (TPSA) is 35.5 Å². The van der Waals surface area contributed by atoms with E-state index in [4.69, 9.17) is 9.47 Å². The maximum Gasteiger partial charge on any atom is 0.344 e. The Morgan fingerprint density at radius 1 is 0.718 bits per heavy atom. The van der Waals surface area contributed by atoms with Gasteiger partial charge in [0, 0.05) is 0 Å². The van der Waals surface area contributed by atoms with Crippen LogP contribution < -0.4 is 9.47 Å². The Bertz CT molecular complexity index is 1090. The molecule has 0 amide bonds. The standard InChI is InChI=1S/C36H48O3/c1-4-6-8-9-10-12-18-30-21-23-32(24-22-30)39-36(37)35-28-33(38-27-15-17-29(3)16-7-5-2)25-26-34(35)31-19-13-11-14-20-31/h11,13-14,19-26,28-29H,4-10,12,15-18,27H2,1-3H3/t29-/m0/s1. The van der Waals surface area contributed by atoms with E-state index in [2.05, 4.69) is 32.9 Å². The number of rotatable bonds is 18. The molecule has 0 N–H and O–H groups in total. The zero-order valence-electron chi connectivity index (χ0n) is 24.4. The van der Waals surface area contributed by atoms with Gasteiger partial charge in [0.15, 0.2) is 0 Å².